The SMILES string of the molecule is CN(C)CCN1CCN(c2cc(C(N)=O)ccc2N)CC1. The monoisotopic (exact) mass is 291 g/mol. The summed E-state index contributed by atoms with van der Waals surface area (Å²) in [5.74, 6) is -0.416. The first-order valence-electron chi connectivity index (χ1n) is 7.28. The molecule has 21 heavy (non-hydrogen) atoms. The Balaban J connectivity index is 1.98. The van der Waals surface area contributed by atoms with Gasteiger partial charge < -0.3 is 21.3 Å². The maximum absolute atomic E-state index is 11.3. The van der Waals surface area contributed by atoms with E-state index in [9.17, 15) is 4.79 Å². The van der Waals surface area contributed by atoms with Crippen molar-refractivity contribution in [3.8, 4) is 0 Å². The Bertz CT molecular complexity index is 495. The third-order valence-corrected chi connectivity index (χ3v) is 3.89. The molecule has 4 N–H and O–H groups in total. The van der Waals surface area contributed by atoms with Gasteiger partial charge in [-0.25, -0.2) is 0 Å². The number of carbonyl (C=O) groups is 1. The predicted molar refractivity (Wildman–Crippen MR) is 86.6 cm³/mol. The molecule has 1 heterocycles. The lowest BCUT2D eigenvalue weighted by molar-refractivity contribution is 0.100. The van der Waals surface area contributed by atoms with Crippen molar-refractivity contribution < 1.29 is 4.79 Å². The first kappa shape index (κ1) is 15.6. The fourth-order valence-electron chi connectivity index (χ4n) is 2.52. The third kappa shape index (κ3) is 4.09. The van der Waals surface area contributed by atoms with Crippen molar-refractivity contribution in [1.29, 1.82) is 0 Å². The number of nitrogen functional groups attached to an aromatic ring is 1. The van der Waals surface area contributed by atoms with Gasteiger partial charge in [0.2, 0.25) is 5.91 Å². The van der Waals surface area contributed by atoms with E-state index in [2.05, 4.69) is 28.8 Å². The van der Waals surface area contributed by atoms with Crippen molar-refractivity contribution >= 4 is 17.3 Å². The number of carbonyl (C=O) groups excluding carboxylic acids is 1. The Morgan fingerprint density at radius 2 is 1.90 bits per heavy atom. The Morgan fingerprint density at radius 3 is 2.48 bits per heavy atom. The maximum Gasteiger partial charge on any atom is 0.248 e. The molecule has 2 rings (SSSR count). The van der Waals surface area contributed by atoms with Crippen LogP contribution in [0, 0.1) is 0 Å². The van der Waals surface area contributed by atoms with Gasteiger partial charge in [-0.2, -0.15) is 0 Å². The molecule has 0 unspecified atom stereocenters. The van der Waals surface area contributed by atoms with Crippen LogP contribution < -0.4 is 16.4 Å². The molecule has 0 radical (unpaired) electrons. The number of hydrogen-bond acceptors (Lipinski definition) is 5. The highest BCUT2D eigenvalue weighted by molar-refractivity contribution is 5.95. The highest BCUT2D eigenvalue weighted by Crippen LogP contribution is 2.25. The summed E-state index contributed by atoms with van der Waals surface area (Å²) in [6.07, 6.45) is 0. The Morgan fingerprint density at radius 1 is 1.24 bits per heavy atom. The molecule has 116 valence electrons. The molecular weight excluding hydrogens is 266 g/mol. The van der Waals surface area contributed by atoms with Gasteiger partial charge in [0.05, 0.1) is 11.4 Å². The average Bonchev–Trinajstić information content (AvgIpc) is 2.46. The molecule has 1 aliphatic rings. The minimum absolute atomic E-state index is 0.416. The van der Waals surface area contributed by atoms with Gasteiger partial charge in [0.25, 0.3) is 0 Å². The second-order valence-corrected chi connectivity index (χ2v) is 5.77. The lowest BCUT2D eigenvalue weighted by Crippen LogP contribution is -2.48. The summed E-state index contributed by atoms with van der Waals surface area (Å²) in [5.41, 5.74) is 13.5. The fourth-order valence-corrected chi connectivity index (χ4v) is 2.52. The molecule has 6 heteroatoms. The van der Waals surface area contributed by atoms with Crippen LogP contribution in [0.2, 0.25) is 0 Å². The van der Waals surface area contributed by atoms with E-state index in [4.69, 9.17) is 11.5 Å². The smallest absolute Gasteiger partial charge is 0.248 e. The number of primary amides is 1. The molecule has 0 aromatic heterocycles. The number of nitrogens with zero attached hydrogens (tertiary/aromatic N) is 3. The molecule has 0 aliphatic carbocycles. The topological polar surface area (TPSA) is 78.8 Å². The van der Waals surface area contributed by atoms with Crippen molar-refractivity contribution in [2.24, 2.45) is 5.73 Å². The van der Waals surface area contributed by atoms with Crippen LogP contribution in [0.4, 0.5) is 11.4 Å². The number of benzene rings is 1. The van der Waals surface area contributed by atoms with E-state index >= 15 is 0 Å². The Kier molecular flexibility index (Phi) is 5.03. The van der Waals surface area contributed by atoms with E-state index in [0.717, 1.165) is 45.0 Å². The lowest BCUT2D eigenvalue weighted by Gasteiger charge is -2.37. The number of hydrogen-bond donors (Lipinski definition) is 2. The lowest BCUT2D eigenvalue weighted by atomic mass is 10.1. The van der Waals surface area contributed by atoms with Crippen LogP contribution in [-0.4, -0.2) is 69.1 Å². The van der Waals surface area contributed by atoms with Crippen molar-refractivity contribution in [3.05, 3.63) is 23.8 Å². The highest BCUT2D eigenvalue weighted by atomic mass is 16.1. The molecule has 0 bridgehead atoms. The van der Waals surface area contributed by atoms with Crippen molar-refractivity contribution in [1.82, 2.24) is 9.80 Å². The second-order valence-electron chi connectivity index (χ2n) is 5.77. The molecule has 1 amide bonds. The van der Waals surface area contributed by atoms with Gasteiger partial charge in [0.1, 0.15) is 0 Å². The highest BCUT2D eigenvalue weighted by Gasteiger charge is 2.19. The maximum atomic E-state index is 11.3. The van der Waals surface area contributed by atoms with E-state index in [1.54, 1.807) is 18.2 Å². The van der Waals surface area contributed by atoms with Gasteiger partial charge in [-0.3, -0.25) is 9.69 Å². The number of anilines is 2. The third-order valence-electron chi connectivity index (χ3n) is 3.89. The molecule has 0 atom stereocenters. The minimum Gasteiger partial charge on any atom is -0.397 e. The zero-order valence-electron chi connectivity index (χ0n) is 12.9. The molecule has 1 aromatic carbocycles. The normalized spacial score (nSPS) is 16.4. The summed E-state index contributed by atoms with van der Waals surface area (Å²) >= 11 is 0. The van der Waals surface area contributed by atoms with Crippen molar-refractivity contribution in [2.75, 3.05) is 64.0 Å². The zero-order valence-corrected chi connectivity index (χ0v) is 12.9. The van der Waals surface area contributed by atoms with Gasteiger partial charge in [-0.05, 0) is 32.3 Å². The molecule has 0 spiro atoms. The number of nitrogens with two attached hydrogens (primary N) is 2. The van der Waals surface area contributed by atoms with E-state index in [1.807, 2.05) is 0 Å². The van der Waals surface area contributed by atoms with Gasteiger partial charge in [0, 0.05) is 44.8 Å². The molecule has 1 aliphatic heterocycles. The number of amides is 1. The van der Waals surface area contributed by atoms with E-state index < -0.39 is 5.91 Å². The van der Waals surface area contributed by atoms with Crippen LogP contribution in [0.5, 0.6) is 0 Å². The Labute approximate surface area is 126 Å². The van der Waals surface area contributed by atoms with Gasteiger partial charge in [-0.15, -0.1) is 0 Å². The molecule has 0 saturated carbocycles. The van der Waals surface area contributed by atoms with Crippen LogP contribution in [0.3, 0.4) is 0 Å². The van der Waals surface area contributed by atoms with Crippen LogP contribution >= 0.6 is 0 Å². The van der Waals surface area contributed by atoms with Gasteiger partial charge in [0.15, 0.2) is 0 Å². The average molecular weight is 291 g/mol. The summed E-state index contributed by atoms with van der Waals surface area (Å²) in [5, 5.41) is 0. The predicted octanol–water partition coefficient (Wildman–Crippen LogP) is 0.0513. The van der Waals surface area contributed by atoms with Gasteiger partial charge in [-0.1, -0.05) is 0 Å². The van der Waals surface area contributed by atoms with Crippen LogP contribution in [-0.2, 0) is 0 Å². The molecule has 1 saturated heterocycles. The van der Waals surface area contributed by atoms with Crippen molar-refractivity contribution in [2.45, 2.75) is 0 Å². The standard InChI is InChI=1S/C15H25N5O/c1-18(2)5-6-19-7-9-20(10-8-19)14-11-12(15(17)21)3-4-13(14)16/h3-4,11H,5-10,16H2,1-2H3,(H2,17,21). The van der Waals surface area contributed by atoms with E-state index in [-0.39, 0.29) is 0 Å². The quantitative estimate of drug-likeness (QED) is 0.750. The fraction of sp³-hybridized carbons (Fsp3) is 0.533. The zero-order chi connectivity index (χ0) is 15.4. The molecule has 1 fully saturated rings. The Hall–Kier alpha value is -1.79. The summed E-state index contributed by atoms with van der Waals surface area (Å²) in [7, 11) is 4.18. The van der Waals surface area contributed by atoms with Crippen LogP contribution in [0.1, 0.15) is 10.4 Å². The molecule has 6 nitrogen and oxygen atoms in total. The number of piperazine rings is 1. The van der Waals surface area contributed by atoms with Crippen LogP contribution in [0.25, 0.3) is 0 Å². The number of likely N-dealkylation sites (N-methyl/N-ethyl adjacent to an activating group) is 1. The summed E-state index contributed by atoms with van der Waals surface area (Å²) in [6.45, 7) is 6.00. The van der Waals surface area contributed by atoms with Crippen molar-refractivity contribution in [3.63, 3.8) is 0 Å². The molecular formula is C15H25N5O. The largest absolute Gasteiger partial charge is 0.397 e. The first-order valence-corrected chi connectivity index (χ1v) is 7.28. The van der Waals surface area contributed by atoms with E-state index in [1.165, 1.54) is 0 Å². The number of rotatable bonds is 5. The van der Waals surface area contributed by atoms with E-state index in [0.29, 0.717) is 11.3 Å². The van der Waals surface area contributed by atoms with Gasteiger partial charge >= 0.3 is 0 Å². The molecule has 1 aromatic rings. The first-order chi connectivity index (χ1) is 9.97. The second kappa shape index (κ2) is 6.78. The summed E-state index contributed by atoms with van der Waals surface area (Å²) < 4.78 is 0. The minimum atomic E-state index is -0.416. The summed E-state index contributed by atoms with van der Waals surface area (Å²) in [4.78, 5) is 18.2. The summed E-state index contributed by atoms with van der Waals surface area (Å²) in [6, 6.07) is 5.23. The van der Waals surface area contributed by atoms with Crippen LogP contribution in [0.15, 0.2) is 18.2 Å².